The average molecular weight is 464 g/mol. The van der Waals surface area contributed by atoms with Crippen LogP contribution >= 0.6 is 0 Å². The van der Waals surface area contributed by atoms with E-state index in [0.29, 0.717) is 18.4 Å². The minimum Gasteiger partial charge on any atom is -0.464 e. The van der Waals surface area contributed by atoms with Crippen LogP contribution in [-0.2, 0) is 10.2 Å². The van der Waals surface area contributed by atoms with Gasteiger partial charge in [-0.2, -0.15) is 0 Å². The summed E-state index contributed by atoms with van der Waals surface area (Å²) in [4.78, 5) is 0. The largest absolute Gasteiger partial charge is 0.464 e. The molecule has 0 spiro atoms. The second kappa shape index (κ2) is 11.7. The van der Waals surface area contributed by atoms with Crippen LogP contribution in [0.25, 0.3) is 0 Å². The first-order chi connectivity index (χ1) is 16.5. The van der Waals surface area contributed by atoms with Gasteiger partial charge < -0.3 is 15.2 Å². The molecule has 2 aromatic carbocycles. The Hall–Kier alpha value is -1.84. The second-order valence-electron chi connectivity index (χ2n) is 11.1. The zero-order valence-corrected chi connectivity index (χ0v) is 21.5. The Balaban J connectivity index is 1.56. The van der Waals surface area contributed by atoms with Crippen LogP contribution in [0, 0.1) is 11.8 Å². The molecule has 2 saturated carbocycles. The third kappa shape index (κ3) is 5.86. The van der Waals surface area contributed by atoms with E-state index in [1.807, 2.05) is 0 Å². The fourth-order valence-electron chi connectivity index (χ4n) is 6.27. The fraction of sp³-hybridized carbons (Fsp3) is 0.613. The number of ether oxygens (including phenoxy) is 2. The fourth-order valence-corrected chi connectivity index (χ4v) is 6.27. The maximum Gasteiger partial charge on any atom is 0.209 e. The monoisotopic (exact) mass is 463 g/mol. The molecule has 2 fully saturated rings. The molecule has 0 saturated heterocycles. The van der Waals surface area contributed by atoms with Crippen molar-refractivity contribution in [1.29, 1.82) is 0 Å². The van der Waals surface area contributed by atoms with Gasteiger partial charge in [-0.15, -0.1) is 0 Å². The molecule has 0 heterocycles. The summed E-state index contributed by atoms with van der Waals surface area (Å²) in [5, 5.41) is 0. The zero-order chi connectivity index (χ0) is 24.0. The van der Waals surface area contributed by atoms with Crippen molar-refractivity contribution >= 4 is 0 Å². The van der Waals surface area contributed by atoms with Gasteiger partial charge >= 0.3 is 0 Å². The second-order valence-corrected chi connectivity index (χ2v) is 11.1. The average Bonchev–Trinajstić information content (AvgIpc) is 2.88. The Labute approximate surface area is 207 Å². The van der Waals surface area contributed by atoms with Crippen molar-refractivity contribution < 1.29 is 9.47 Å². The number of nitrogens with two attached hydrogens (primary N) is 1. The van der Waals surface area contributed by atoms with Crippen LogP contribution in [-0.4, -0.2) is 18.9 Å². The Morgan fingerprint density at radius 2 is 1.62 bits per heavy atom. The van der Waals surface area contributed by atoms with Gasteiger partial charge in [0.1, 0.15) is 5.75 Å². The molecule has 0 amide bonds. The number of benzene rings is 2. The SMILES string of the molecule is CCCC(CN)c1ccc(OC(OC2CCCC3CCCCC32)C(C)(C)c2ccccc2)cc1. The summed E-state index contributed by atoms with van der Waals surface area (Å²) in [6.07, 6.45) is 11.4. The molecule has 4 rings (SSSR count). The third-order valence-corrected chi connectivity index (χ3v) is 8.43. The van der Waals surface area contributed by atoms with E-state index in [-0.39, 0.29) is 17.8 Å². The molecule has 0 aliphatic heterocycles. The smallest absolute Gasteiger partial charge is 0.209 e. The first-order valence-electron chi connectivity index (χ1n) is 13.7. The lowest BCUT2D eigenvalue weighted by Gasteiger charge is -2.44. The first kappa shape index (κ1) is 25.3. The summed E-state index contributed by atoms with van der Waals surface area (Å²) in [7, 11) is 0. The molecule has 2 N–H and O–H groups in total. The predicted molar refractivity (Wildman–Crippen MR) is 141 cm³/mol. The Kier molecular flexibility index (Phi) is 8.71. The van der Waals surface area contributed by atoms with Gasteiger partial charge in [0.2, 0.25) is 6.29 Å². The van der Waals surface area contributed by atoms with Gasteiger partial charge in [0.15, 0.2) is 0 Å². The van der Waals surface area contributed by atoms with E-state index in [0.717, 1.165) is 30.9 Å². The van der Waals surface area contributed by atoms with Crippen LogP contribution in [0.5, 0.6) is 5.75 Å². The summed E-state index contributed by atoms with van der Waals surface area (Å²) in [5.74, 6) is 2.80. The van der Waals surface area contributed by atoms with E-state index >= 15 is 0 Å². The van der Waals surface area contributed by atoms with Crippen LogP contribution in [0.3, 0.4) is 0 Å². The van der Waals surface area contributed by atoms with Crippen LogP contribution in [0.2, 0.25) is 0 Å². The molecule has 2 aliphatic rings. The van der Waals surface area contributed by atoms with Gasteiger partial charge in [-0.3, -0.25) is 0 Å². The van der Waals surface area contributed by atoms with Crippen molar-refractivity contribution in [3.05, 3.63) is 65.7 Å². The van der Waals surface area contributed by atoms with Crippen LogP contribution in [0.1, 0.15) is 95.6 Å². The minimum atomic E-state index is -0.340. The molecule has 3 nitrogen and oxygen atoms in total. The van der Waals surface area contributed by atoms with Crippen molar-refractivity contribution in [2.45, 2.75) is 102 Å². The highest BCUT2D eigenvalue weighted by Gasteiger charge is 2.41. The molecule has 186 valence electrons. The molecule has 34 heavy (non-hydrogen) atoms. The lowest BCUT2D eigenvalue weighted by atomic mass is 9.69. The van der Waals surface area contributed by atoms with Crippen molar-refractivity contribution in [2.24, 2.45) is 17.6 Å². The van der Waals surface area contributed by atoms with E-state index in [2.05, 4.69) is 75.4 Å². The Morgan fingerprint density at radius 1 is 0.912 bits per heavy atom. The lowest BCUT2D eigenvalue weighted by Crippen LogP contribution is -2.47. The molecule has 5 unspecified atom stereocenters. The van der Waals surface area contributed by atoms with Gasteiger partial charge in [0.05, 0.1) is 11.5 Å². The standard InChI is InChI=1S/C31H45NO2/c1-4-11-25(22-32)23-18-20-27(21-19-23)33-30(31(2,3)26-14-6-5-7-15-26)34-29-17-10-13-24-12-8-9-16-28(24)29/h5-7,14-15,18-21,24-25,28-30H,4,8-13,16-17,22,32H2,1-3H3. The molecule has 0 aromatic heterocycles. The predicted octanol–water partition coefficient (Wildman–Crippen LogP) is 7.59. The number of hydrogen-bond acceptors (Lipinski definition) is 3. The van der Waals surface area contributed by atoms with Crippen molar-refractivity contribution in [3.63, 3.8) is 0 Å². The molecule has 0 radical (unpaired) electrons. The van der Waals surface area contributed by atoms with Crippen LogP contribution in [0.15, 0.2) is 54.6 Å². The zero-order valence-electron chi connectivity index (χ0n) is 21.5. The molecular weight excluding hydrogens is 418 g/mol. The van der Waals surface area contributed by atoms with Crippen molar-refractivity contribution in [2.75, 3.05) is 6.54 Å². The maximum absolute atomic E-state index is 6.98. The van der Waals surface area contributed by atoms with Crippen LogP contribution in [0.4, 0.5) is 0 Å². The molecular formula is C31H45NO2. The number of fused-ring (bicyclic) bond motifs is 1. The highest BCUT2D eigenvalue weighted by Crippen LogP contribution is 2.43. The molecule has 2 aromatic rings. The van der Waals surface area contributed by atoms with Crippen molar-refractivity contribution in [3.8, 4) is 5.75 Å². The summed E-state index contributed by atoms with van der Waals surface area (Å²) >= 11 is 0. The highest BCUT2D eigenvalue weighted by molar-refractivity contribution is 5.31. The van der Waals surface area contributed by atoms with Crippen molar-refractivity contribution in [1.82, 2.24) is 0 Å². The summed E-state index contributed by atoms with van der Waals surface area (Å²) in [6, 6.07) is 19.3. The Morgan fingerprint density at radius 3 is 2.32 bits per heavy atom. The summed E-state index contributed by atoms with van der Waals surface area (Å²) in [6.45, 7) is 7.42. The van der Waals surface area contributed by atoms with Gasteiger partial charge in [-0.25, -0.2) is 0 Å². The van der Waals surface area contributed by atoms with E-state index < -0.39 is 0 Å². The topological polar surface area (TPSA) is 44.5 Å². The minimum absolute atomic E-state index is 0.274. The van der Waals surface area contributed by atoms with Crippen LogP contribution < -0.4 is 10.5 Å². The number of hydrogen-bond donors (Lipinski definition) is 1. The third-order valence-electron chi connectivity index (χ3n) is 8.43. The first-order valence-corrected chi connectivity index (χ1v) is 13.7. The summed E-state index contributed by atoms with van der Waals surface area (Å²) in [5.41, 5.74) is 8.31. The molecule has 0 bridgehead atoms. The van der Waals surface area contributed by atoms with Gasteiger partial charge in [-0.05, 0) is 87.1 Å². The molecule has 2 aliphatic carbocycles. The van der Waals surface area contributed by atoms with E-state index in [9.17, 15) is 0 Å². The summed E-state index contributed by atoms with van der Waals surface area (Å²) < 4.78 is 13.7. The molecule has 3 heteroatoms. The Bertz CT molecular complexity index is 861. The van der Waals surface area contributed by atoms with Gasteiger partial charge in [-0.1, -0.05) is 81.5 Å². The van der Waals surface area contributed by atoms with E-state index in [4.69, 9.17) is 15.2 Å². The van der Waals surface area contributed by atoms with Gasteiger partial charge in [0, 0.05) is 0 Å². The van der Waals surface area contributed by atoms with E-state index in [1.54, 1.807) is 0 Å². The van der Waals surface area contributed by atoms with E-state index in [1.165, 1.54) is 49.7 Å². The normalized spacial score (nSPS) is 24.8. The number of rotatable bonds is 10. The molecule has 5 atom stereocenters. The quantitative estimate of drug-likeness (QED) is 0.369. The lowest BCUT2D eigenvalue weighted by molar-refractivity contribution is -0.184. The van der Waals surface area contributed by atoms with Gasteiger partial charge in [0.25, 0.3) is 0 Å². The maximum atomic E-state index is 6.98. The highest BCUT2D eigenvalue weighted by atomic mass is 16.7.